The molecule has 0 amide bonds. The van der Waals surface area contributed by atoms with Crippen molar-refractivity contribution < 1.29 is 20.1 Å². The molecule has 0 aromatic carbocycles. The Labute approximate surface area is 105 Å². The Morgan fingerprint density at radius 2 is 1.18 bits per heavy atom. The molecule has 12 N–H and O–H groups in total. The normalized spacial score (nSPS) is 6.41. The summed E-state index contributed by atoms with van der Waals surface area (Å²) in [6.07, 6.45) is 3.04. The molecular weight excluding hydrogens is 226 g/mol. The number of carboxylic acids is 1. The van der Waals surface area contributed by atoms with Gasteiger partial charge in [0.2, 0.25) is 0 Å². The lowest BCUT2D eigenvalue weighted by Crippen LogP contribution is -2.21. The van der Waals surface area contributed by atoms with Crippen molar-refractivity contribution in [2.75, 3.05) is 13.2 Å². The van der Waals surface area contributed by atoms with Crippen LogP contribution < -0.4 is 33.8 Å². The Hall–Kier alpha value is -0.730. The van der Waals surface area contributed by atoms with Crippen molar-refractivity contribution in [2.45, 2.75) is 46.5 Å². The van der Waals surface area contributed by atoms with Crippen LogP contribution in [0.4, 0.5) is 0 Å². The summed E-state index contributed by atoms with van der Waals surface area (Å²) in [5, 5.41) is 27.6. The molecule has 0 atom stereocenters. The molecule has 0 fully saturated rings. The Balaban J connectivity index is -0.0000000292. The van der Waals surface area contributed by atoms with E-state index in [1.165, 1.54) is 0 Å². The summed E-state index contributed by atoms with van der Waals surface area (Å²) < 4.78 is 0. The summed E-state index contributed by atoms with van der Waals surface area (Å²) in [6.45, 7) is 5.18. The van der Waals surface area contributed by atoms with Gasteiger partial charge in [-0.1, -0.05) is 33.6 Å². The maximum Gasteiger partial charge on any atom is 0.0414 e. The van der Waals surface area contributed by atoms with Crippen LogP contribution >= 0.6 is 0 Å². The first kappa shape index (κ1) is 36.0. The second-order valence-corrected chi connectivity index (χ2v) is 2.41. The number of hydrogen-bond acceptors (Lipinski definition) is 4. The highest BCUT2D eigenvalue weighted by atomic mass is 16.4. The predicted molar refractivity (Wildman–Crippen MR) is 68.2 cm³/mol. The molecule has 0 saturated carbocycles. The van der Waals surface area contributed by atoms with Crippen LogP contribution in [0, 0.1) is 0 Å². The number of carbonyl (C=O) groups excluding carboxylic acids is 1. The Bertz CT molecular complexity index is 104. The lowest BCUT2D eigenvalue weighted by molar-refractivity contribution is -0.362. The first-order valence-corrected chi connectivity index (χ1v) is 4.96. The van der Waals surface area contributed by atoms with Gasteiger partial charge in [-0.3, -0.25) is 0 Å². The maximum atomic E-state index is 9.76. The average Bonchev–Trinajstić information content (AvgIpc) is 2.07. The van der Waals surface area contributed by atoms with E-state index in [0.29, 0.717) is 0 Å². The Kier molecular flexibility index (Phi) is 96.2. The number of hydrogen-bond donors (Lipinski definition) is 3. The minimum Gasteiger partial charge on any atom is -0.855 e. The van der Waals surface area contributed by atoms with Crippen LogP contribution in [-0.4, -0.2) is 19.2 Å². The molecule has 0 aliphatic carbocycles. The minimum atomic E-state index is -0.932. The molecular formula is C10H33N3O4. The van der Waals surface area contributed by atoms with Crippen molar-refractivity contribution >= 4 is 5.97 Å². The van der Waals surface area contributed by atoms with E-state index >= 15 is 0 Å². The van der Waals surface area contributed by atoms with E-state index in [0.717, 1.165) is 19.3 Å². The lowest BCUT2D eigenvalue weighted by Gasteiger charge is -1.97. The highest BCUT2D eigenvalue weighted by Gasteiger charge is 1.84. The van der Waals surface area contributed by atoms with Crippen LogP contribution in [0.2, 0.25) is 0 Å². The van der Waals surface area contributed by atoms with Gasteiger partial charge in [0, 0.05) is 5.97 Å². The number of carbonyl (C=O) groups is 1. The van der Waals surface area contributed by atoms with Crippen LogP contribution in [0.15, 0.2) is 0 Å². The third-order valence-corrected chi connectivity index (χ3v) is 0.984. The zero-order valence-corrected chi connectivity index (χ0v) is 12.4. The van der Waals surface area contributed by atoms with E-state index in [-0.39, 0.29) is 38.1 Å². The number of carboxylic acid groups (broad SMARTS) is 1. The van der Waals surface area contributed by atoms with Gasteiger partial charge in [-0.15, -0.1) is 13.2 Å². The molecule has 0 aromatic heterocycles. The second kappa shape index (κ2) is 45.5. The summed E-state index contributed by atoms with van der Waals surface area (Å²) in [4.78, 5) is 9.76. The molecule has 7 heteroatoms. The first-order chi connectivity index (χ1) is 6.60. The van der Waals surface area contributed by atoms with Crippen LogP contribution in [0.3, 0.4) is 0 Å². The van der Waals surface area contributed by atoms with Crippen molar-refractivity contribution in [2.24, 2.45) is 0 Å². The van der Waals surface area contributed by atoms with E-state index in [1.54, 1.807) is 13.8 Å². The highest BCUT2D eigenvalue weighted by molar-refractivity contribution is 5.63. The van der Waals surface area contributed by atoms with Gasteiger partial charge >= 0.3 is 0 Å². The molecule has 7 nitrogen and oxygen atoms in total. The standard InChI is InChI=1S/C6H12O2.2C2H5O.3H3N/c1-2-3-4-5-6(7)8;2*1-2-3;;;/h2-5H2,1H3,(H,7,8);2*2H2,1H3;3*1H3/q;2*-1;;;/p+2. The molecule has 0 bridgehead atoms. The smallest absolute Gasteiger partial charge is 0.0414 e. The monoisotopic (exact) mass is 259 g/mol. The zero-order valence-electron chi connectivity index (χ0n) is 12.4. The summed E-state index contributed by atoms with van der Waals surface area (Å²) in [6, 6.07) is 0. The number of unbranched alkanes of at least 4 members (excludes halogenated alkanes) is 2. The van der Waals surface area contributed by atoms with Gasteiger partial charge in [0.05, 0.1) is 0 Å². The molecule has 0 aliphatic heterocycles. The molecule has 0 saturated heterocycles. The van der Waals surface area contributed by atoms with E-state index < -0.39 is 5.97 Å². The SMILES string of the molecule is CCCCCC(=O)[O-].CC[O-].CC[O-].[NH4+].[NH4+].[NH4+]. The fraction of sp³-hybridized carbons (Fsp3) is 0.900. The van der Waals surface area contributed by atoms with Crippen LogP contribution in [0.5, 0.6) is 0 Å². The molecule has 17 heavy (non-hydrogen) atoms. The van der Waals surface area contributed by atoms with Crippen molar-refractivity contribution in [3.05, 3.63) is 0 Å². The lowest BCUT2D eigenvalue weighted by atomic mass is 10.2. The molecule has 0 unspecified atom stereocenters. The molecule has 0 spiro atoms. The summed E-state index contributed by atoms with van der Waals surface area (Å²) in [7, 11) is 0. The molecule has 0 aliphatic rings. The predicted octanol–water partition coefficient (Wildman–Crippen LogP) is 0.178. The number of aliphatic carboxylic acids is 1. The highest BCUT2D eigenvalue weighted by Crippen LogP contribution is 1.96. The van der Waals surface area contributed by atoms with Gasteiger partial charge in [-0.05, 0) is 12.8 Å². The van der Waals surface area contributed by atoms with Gasteiger partial charge in [0.1, 0.15) is 0 Å². The maximum absolute atomic E-state index is 9.76. The van der Waals surface area contributed by atoms with Gasteiger partial charge in [0.25, 0.3) is 0 Å². The summed E-state index contributed by atoms with van der Waals surface area (Å²) >= 11 is 0. The van der Waals surface area contributed by atoms with Crippen molar-refractivity contribution in [3.63, 3.8) is 0 Å². The average molecular weight is 259 g/mol. The summed E-state index contributed by atoms with van der Waals surface area (Å²) in [5.41, 5.74) is 0. The van der Waals surface area contributed by atoms with Crippen molar-refractivity contribution in [1.82, 2.24) is 18.5 Å². The van der Waals surface area contributed by atoms with Gasteiger partial charge in [0.15, 0.2) is 0 Å². The van der Waals surface area contributed by atoms with Crippen LogP contribution in [0.1, 0.15) is 46.5 Å². The minimum absolute atomic E-state index is 0. The fourth-order valence-electron chi connectivity index (χ4n) is 0.519. The van der Waals surface area contributed by atoms with Crippen molar-refractivity contribution in [3.8, 4) is 0 Å². The van der Waals surface area contributed by atoms with Crippen molar-refractivity contribution in [1.29, 1.82) is 0 Å². The molecule has 0 heterocycles. The third-order valence-electron chi connectivity index (χ3n) is 0.984. The van der Waals surface area contributed by atoms with Gasteiger partial charge in [-0.25, -0.2) is 0 Å². The molecule has 0 aromatic rings. The number of quaternary nitrogens is 3. The quantitative estimate of drug-likeness (QED) is 0.605. The fourth-order valence-corrected chi connectivity index (χ4v) is 0.519. The largest absolute Gasteiger partial charge is 0.855 e. The second-order valence-electron chi connectivity index (χ2n) is 2.41. The Morgan fingerprint density at radius 3 is 1.35 bits per heavy atom. The van der Waals surface area contributed by atoms with E-state index in [4.69, 9.17) is 10.2 Å². The molecule has 0 rings (SSSR count). The van der Waals surface area contributed by atoms with E-state index in [9.17, 15) is 9.90 Å². The zero-order chi connectivity index (χ0) is 11.8. The van der Waals surface area contributed by atoms with Gasteiger partial charge in [-0.2, -0.15) is 0 Å². The molecule has 112 valence electrons. The first-order valence-electron chi connectivity index (χ1n) is 4.96. The van der Waals surface area contributed by atoms with E-state index in [2.05, 4.69) is 0 Å². The number of rotatable bonds is 4. The topological polar surface area (TPSA) is 196 Å². The summed E-state index contributed by atoms with van der Waals surface area (Å²) in [5.74, 6) is -0.932. The third kappa shape index (κ3) is 147. The molecule has 0 radical (unpaired) electrons. The van der Waals surface area contributed by atoms with E-state index in [1.807, 2.05) is 6.92 Å². The van der Waals surface area contributed by atoms with Crippen LogP contribution in [0.25, 0.3) is 0 Å². The Morgan fingerprint density at radius 1 is 0.882 bits per heavy atom. The van der Waals surface area contributed by atoms with Crippen LogP contribution in [-0.2, 0) is 4.79 Å². The van der Waals surface area contributed by atoms with Gasteiger partial charge < -0.3 is 38.6 Å².